The van der Waals surface area contributed by atoms with E-state index in [0.29, 0.717) is 12.2 Å². The molecule has 1 aromatic carbocycles. The fourth-order valence-corrected chi connectivity index (χ4v) is 3.48. The van der Waals surface area contributed by atoms with Crippen molar-refractivity contribution in [2.45, 2.75) is 24.5 Å². The van der Waals surface area contributed by atoms with E-state index in [-0.39, 0.29) is 16.0 Å². The van der Waals surface area contributed by atoms with Crippen LogP contribution < -0.4 is 5.32 Å². The number of hydrogen-bond donors (Lipinski definition) is 2. The van der Waals surface area contributed by atoms with Crippen LogP contribution in [-0.2, 0) is 0 Å². The van der Waals surface area contributed by atoms with Crippen LogP contribution in [0.25, 0.3) is 0 Å². The SMILES string of the molecule is CC1(CNc2ccc([N+](=O)[O-])cc2C(=O)O)CCCS1. The molecule has 1 heterocycles. The van der Waals surface area contributed by atoms with Gasteiger partial charge < -0.3 is 10.4 Å². The van der Waals surface area contributed by atoms with E-state index in [1.807, 2.05) is 11.8 Å². The molecule has 1 aliphatic heterocycles. The molecule has 20 heavy (non-hydrogen) atoms. The van der Waals surface area contributed by atoms with E-state index in [4.69, 9.17) is 5.11 Å². The molecule has 6 nitrogen and oxygen atoms in total. The molecule has 2 rings (SSSR count). The molecule has 1 aromatic rings. The molecule has 2 N–H and O–H groups in total. The number of benzene rings is 1. The summed E-state index contributed by atoms with van der Waals surface area (Å²) in [6.45, 7) is 2.79. The Labute approximate surface area is 120 Å². The predicted octanol–water partition coefficient (Wildman–Crippen LogP) is 2.99. The van der Waals surface area contributed by atoms with Gasteiger partial charge in [-0.25, -0.2) is 4.79 Å². The fourth-order valence-electron chi connectivity index (χ4n) is 2.24. The monoisotopic (exact) mass is 296 g/mol. The second kappa shape index (κ2) is 5.70. The highest BCUT2D eigenvalue weighted by molar-refractivity contribution is 8.00. The Hall–Kier alpha value is -1.76. The molecule has 1 saturated heterocycles. The van der Waals surface area contributed by atoms with Gasteiger partial charge in [0.05, 0.1) is 10.5 Å². The number of non-ortho nitro benzene ring substituents is 1. The van der Waals surface area contributed by atoms with Crippen LogP contribution >= 0.6 is 11.8 Å². The van der Waals surface area contributed by atoms with E-state index in [9.17, 15) is 14.9 Å². The van der Waals surface area contributed by atoms with Gasteiger partial charge in [0, 0.05) is 29.1 Å². The first-order chi connectivity index (χ1) is 9.41. The Morgan fingerprint density at radius 3 is 2.90 bits per heavy atom. The van der Waals surface area contributed by atoms with Crippen molar-refractivity contribution in [1.82, 2.24) is 0 Å². The van der Waals surface area contributed by atoms with Crippen molar-refractivity contribution in [3.05, 3.63) is 33.9 Å². The van der Waals surface area contributed by atoms with Crippen LogP contribution in [0.3, 0.4) is 0 Å². The molecule has 0 saturated carbocycles. The minimum Gasteiger partial charge on any atom is -0.478 e. The summed E-state index contributed by atoms with van der Waals surface area (Å²) in [7, 11) is 0. The minimum absolute atomic E-state index is 0.0641. The van der Waals surface area contributed by atoms with Crippen molar-refractivity contribution >= 4 is 29.1 Å². The smallest absolute Gasteiger partial charge is 0.338 e. The van der Waals surface area contributed by atoms with Crippen LogP contribution in [-0.4, -0.2) is 33.0 Å². The minimum atomic E-state index is -1.17. The number of aromatic carboxylic acids is 1. The normalized spacial score (nSPS) is 21.6. The van der Waals surface area contributed by atoms with Gasteiger partial charge in [-0.3, -0.25) is 10.1 Å². The highest BCUT2D eigenvalue weighted by Gasteiger charge is 2.29. The van der Waals surface area contributed by atoms with Crippen LogP contribution in [0, 0.1) is 10.1 Å². The third kappa shape index (κ3) is 3.22. The summed E-state index contributed by atoms with van der Waals surface area (Å²) in [5, 5.41) is 23.0. The molecule has 7 heteroatoms. The molecule has 0 spiro atoms. The quantitative estimate of drug-likeness (QED) is 0.641. The van der Waals surface area contributed by atoms with E-state index < -0.39 is 10.9 Å². The second-order valence-corrected chi connectivity index (χ2v) is 6.73. The first-order valence-corrected chi connectivity index (χ1v) is 7.29. The van der Waals surface area contributed by atoms with Crippen molar-refractivity contribution in [3.63, 3.8) is 0 Å². The summed E-state index contributed by atoms with van der Waals surface area (Å²) in [5.41, 5.74) is 0.150. The summed E-state index contributed by atoms with van der Waals surface area (Å²) in [5.74, 6) is -0.0510. The number of nitrogens with one attached hydrogen (secondary N) is 1. The number of anilines is 1. The van der Waals surface area contributed by atoms with Crippen molar-refractivity contribution in [2.24, 2.45) is 0 Å². The molecular formula is C13H16N2O4S. The number of carboxylic acid groups (broad SMARTS) is 1. The zero-order valence-electron chi connectivity index (χ0n) is 11.1. The van der Waals surface area contributed by atoms with E-state index in [0.717, 1.165) is 24.7 Å². The largest absolute Gasteiger partial charge is 0.478 e. The van der Waals surface area contributed by atoms with Crippen LogP contribution in [0.1, 0.15) is 30.1 Å². The Morgan fingerprint density at radius 1 is 1.60 bits per heavy atom. The fraction of sp³-hybridized carbons (Fsp3) is 0.462. The van der Waals surface area contributed by atoms with E-state index in [2.05, 4.69) is 12.2 Å². The van der Waals surface area contributed by atoms with Crippen molar-refractivity contribution in [2.75, 3.05) is 17.6 Å². The van der Waals surface area contributed by atoms with Gasteiger partial charge in [-0.1, -0.05) is 0 Å². The van der Waals surface area contributed by atoms with Crippen LogP contribution in [0.15, 0.2) is 18.2 Å². The number of nitro groups is 1. The molecule has 1 unspecified atom stereocenters. The van der Waals surface area contributed by atoms with Gasteiger partial charge in [0.25, 0.3) is 5.69 Å². The summed E-state index contributed by atoms with van der Waals surface area (Å²) in [6, 6.07) is 3.87. The molecule has 1 aliphatic rings. The lowest BCUT2D eigenvalue weighted by molar-refractivity contribution is -0.384. The van der Waals surface area contributed by atoms with Gasteiger partial charge >= 0.3 is 5.97 Å². The molecule has 1 atom stereocenters. The molecule has 0 amide bonds. The van der Waals surface area contributed by atoms with Crippen molar-refractivity contribution in [3.8, 4) is 0 Å². The third-order valence-corrected chi connectivity index (χ3v) is 4.94. The lowest BCUT2D eigenvalue weighted by Crippen LogP contribution is -2.27. The van der Waals surface area contributed by atoms with Gasteiger partial charge in [-0.15, -0.1) is 0 Å². The van der Waals surface area contributed by atoms with Crippen molar-refractivity contribution in [1.29, 1.82) is 0 Å². The highest BCUT2D eigenvalue weighted by Crippen LogP contribution is 2.38. The van der Waals surface area contributed by atoms with E-state index in [1.165, 1.54) is 12.1 Å². The third-order valence-electron chi connectivity index (χ3n) is 3.40. The number of thioether (sulfide) groups is 1. The molecule has 108 valence electrons. The number of hydrogen-bond acceptors (Lipinski definition) is 5. The number of nitrogens with zero attached hydrogens (tertiary/aromatic N) is 1. The van der Waals surface area contributed by atoms with Crippen LogP contribution in [0.5, 0.6) is 0 Å². The maximum absolute atomic E-state index is 11.2. The number of carboxylic acids is 1. The number of carbonyl (C=O) groups is 1. The van der Waals surface area contributed by atoms with Gasteiger partial charge in [-0.2, -0.15) is 11.8 Å². The van der Waals surface area contributed by atoms with E-state index in [1.54, 1.807) is 0 Å². The predicted molar refractivity (Wildman–Crippen MR) is 78.6 cm³/mol. The van der Waals surface area contributed by atoms with E-state index >= 15 is 0 Å². The average Bonchev–Trinajstić information content (AvgIpc) is 2.83. The molecular weight excluding hydrogens is 280 g/mol. The van der Waals surface area contributed by atoms with Crippen LogP contribution in [0.2, 0.25) is 0 Å². The summed E-state index contributed by atoms with van der Waals surface area (Å²) >= 11 is 1.87. The molecule has 1 fully saturated rings. The first-order valence-electron chi connectivity index (χ1n) is 6.31. The summed E-state index contributed by atoms with van der Waals surface area (Å²) in [4.78, 5) is 21.3. The molecule has 0 aliphatic carbocycles. The first kappa shape index (κ1) is 14.6. The molecule has 0 radical (unpaired) electrons. The number of rotatable bonds is 5. The lowest BCUT2D eigenvalue weighted by atomic mass is 10.1. The lowest BCUT2D eigenvalue weighted by Gasteiger charge is -2.24. The van der Waals surface area contributed by atoms with Gasteiger partial charge in [0.15, 0.2) is 0 Å². The van der Waals surface area contributed by atoms with Crippen LogP contribution in [0.4, 0.5) is 11.4 Å². The van der Waals surface area contributed by atoms with Crippen molar-refractivity contribution < 1.29 is 14.8 Å². The molecule has 0 aromatic heterocycles. The Kier molecular flexibility index (Phi) is 4.17. The summed E-state index contributed by atoms with van der Waals surface area (Å²) in [6.07, 6.45) is 2.24. The molecule has 0 bridgehead atoms. The topological polar surface area (TPSA) is 92.5 Å². The highest BCUT2D eigenvalue weighted by atomic mass is 32.2. The Bertz CT molecular complexity index is 541. The van der Waals surface area contributed by atoms with Gasteiger partial charge in [0.2, 0.25) is 0 Å². The van der Waals surface area contributed by atoms with Gasteiger partial charge in [0.1, 0.15) is 0 Å². The zero-order valence-corrected chi connectivity index (χ0v) is 11.9. The Balaban J connectivity index is 2.18. The second-order valence-electron chi connectivity index (χ2n) is 5.05. The maximum atomic E-state index is 11.2. The summed E-state index contributed by atoms with van der Waals surface area (Å²) < 4.78 is 0.0948. The zero-order chi connectivity index (χ0) is 14.8. The maximum Gasteiger partial charge on any atom is 0.338 e. The Morgan fingerprint density at radius 2 is 2.35 bits per heavy atom. The standard InChI is InChI=1S/C13H16N2O4S/c1-13(5-2-6-20-13)8-14-11-4-3-9(15(18)19)7-10(11)12(16)17/h3-4,7,14H,2,5-6,8H2,1H3,(H,16,17). The number of nitro benzene ring substituents is 1. The average molecular weight is 296 g/mol. The van der Waals surface area contributed by atoms with Gasteiger partial charge in [-0.05, 0) is 31.6 Å².